The Morgan fingerprint density at radius 2 is 2.24 bits per heavy atom. The highest BCUT2D eigenvalue weighted by atomic mass is 19.1. The molecule has 0 radical (unpaired) electrons. The van der Waals surface area contributed by atoms with Crippen molar-refractivity contribution in [2.75, 3.05) is 17.6 Å². The molecule has 1 aromatic carbocycles. The summed E-state index contributed by atoms with van der Waals surface area (Å²) in [7, 11) is 0. The number of amides is 1. The molecule has 0 fully saturated rings. The van der Waals surface area contributed by atoms with Gasteiger partial charge in [-0.05, 0) is 25.5 Å². The fourth-order valence-electron chi connectivity index (χ4n) is 1.36. The number of nitrogens with two attached hydrogens (primary N) is 1. The first-order valence-corrected chi connectivity index (χ1v) is 5.64. The van der Waals surface area contributed by atoms with E-state index in [2.05, 4.69) is 10.6 Å². The Morgan fingerprint density at radius 3 is 2.88 bits per heavy atom. The number of rotatable bonds is 5. The average molecular weight is 239 g/mol. The van der Waals surface area contributed by atoms with Crippen LogP contribution < -0.4 is 16.4 Å². The van der Waals surface area contributed by atoms with Crippen LogP contribution in [0.4, 0.5) is 15.8 Å². The Balaban J connectivity index is 2.64. The predicted molar refractivity (Wildman–Crippen MR) is 67.2 cm³/mol. The normalized spacial score (nSPS) is 11.9. The van der Waals surface area contributed by atoms with Crippen LogP contribution in [0.5, 0.6) is 0 Å². The number of carbonyl (C=O) groups excluding carboxylic acids is 1. The summed E-state index contributed by atoms with van der Waals surface area (Å²) >= 11 is 0. The van der Waals surface area contributed by atoms with Crippen molar-refractivity contribution >= 4 is 17.3 Å². The van der Waals surface area contributed by atoms with Gasteiger partial charge in [0.25, 0.3) is 0 Å². The molecule has 17 heavy (non-hydrogen) atoms. The molecule has 0 bridgehead atoms. The molecule has 1 rings (SSSR count). The van der Waals surface area contributed by atoms with E-state index in [9.17, 15) is 9.18 Å². The van der Waals surface area contributed by atoms with Gasteiger partial charge < -0.3 is 16.4 Å². The summed E-state index contributed by atoms with van der Waals surface area (Å²) in [6, 6.07) is 4.01. The van der Waals surface area contributed by atoms with Crippen molar-refractivity contribution in [3.63, 3.8) is 0 Å². The second-order valence-electron chi connectivity index (χ2n) is 3.86. The predicted octanol–water partition coefficient (Wildman–Crippen LogP) is 1.73. The summed E-state index contributed by atoms with van der Waals surface area (Å²) in [4.78, 5) is 11.6. The minimum absolute atomic E-state index is 0.0302. The Labute approximate surface area is 100 Å². The van der Waals surface area contributed by atoms with Gasteiger partial charge in [0.15, 0.2) is 0 Å². The quantitative estimate of drug-likeness (QED) is 0.685. The minimum atomic E-state index is -0.490. The van der Waals surface area contributed by atoms with Gasteiger partial charge in [-0.25, -0.2) is 4.39 Å². The maximum absolute atomic E-state index is 13.2. The summed E-state index contributed by atoms with van der Waals surface area (Å²) in [6.45, 7) is 4.31. The van der Waals surface area contributed by atoms with E-state index < -0.39 is 11.9 Å². The van der Waals surface area contributed by atoms with Crippen LogP contribution >= 0.6 is 0 Å². The van der Waals surface area contributed by atoms with Crippen molar-refractivity contribution in [3.05, 3.63) is 24.0 Å². The van der Waals surface area contributed by atoms with Crippen LogP contribution in [-0.2, 0) is 4.79 Å². The molecule has 1 amide bonds. The number of para-hydroxylation sites is 1. The van der Waals surface area contributed by atoms with Crippen LogP contribution in [0.3, 0.4) is 0 Å². The SMILES string of the molecule is CCCNC(=O)C(C)Nc1cccc(F)c1N. The Bertz CT molecular complexity index is 395. The molecule has 1 atom stereocenters. The molecule has 0 saturated carbocycles. The second-order valence-corrected chi connectivity index (χ2v) is 3.86. The third-order valence-corrected chi connectivity index (χ3v) is 2.37. The van der Waals surface area contributed by atoms with Crippen molar-refractivity contribution in [2.45, 2.75) is 26.3 Å². The average Bonchev–Trinajstić information content (AvgIpc) is 2.31. The molecular weight excluding hydrogens is 221 g/mol. The van der Waals surface area contributed by atoms with E-state index in [1.807, 2.05) is 6.92 Å². The molecule has 0 aromatic heterocycles. The third-order valence-electron chi connectivity index (χ3n) is 2.37. The van der Waals surface area contributed by atoms with Gasteiger partial charge in [-0.1, -0.05) is 13.0 Å². The summed E-state index contributed by atoms with van der Waals surface area (Å²) in [6.07, 6.45) is 0.876. The summed E-state index contributed by atoms with van der Waals surface area (Å²) in [5.74, 6) is -0.619. The van der Waals surface area contributed by atoms with Crippen LogP contribution in [0, 0.1) is 5.82 Å². The molecule has 94 valence electrons. The smallest absolute Gasteiger partial charge is 0.242 e. The van der Waals surface area contributed by atoms with E-state index in [4.69, 9.17) is 5.73 Å². The van der Waals surface area contributed by atoms with E-state index in [1.165, 1.54) is 6.07 Å². The Morgan fingerprint density at radius 1 is 1.53 bits per heavy atom. The molecule has 4 nitrogen and oxygen atoms in total. The molecule has 5 heteroatoms. The Hall–Kier alpha value is -1.78. The van der Waals surface area contributed by atoms with Crippen molar-refractivity contribution in [1.82, 2.24) is 5.32 Å². The topological polar surface area (TPSA) is 67.2 Å². The number of hydrogen-bond acceptors (Lipinski definition) is 3. The highest BCUT2D eigenvalue weighted by Gasteiger charge is 2.13. The summed E-state index contributed by atoms with van der Waals surface area (Å²) < 4.78 is 13.2. The van der Waals surface area contributed by atoms with E-state index in [0.29, 0.717) is 12.2 Å². The molecule has 4 N–H and O–H groups in total. The van der Waals surface area contributed by atoms with Crippen LogP contribution in [-0.4, -0.2) is 18.5 Å². The largest absolute Gasteiger partial charge is 0.395 e. The zero-order valence-electron chi connectivity index (χ0n) is 10.1. The lowest BCUT2D eigenvalue weighted by molar-refractivity contribution is -0.121. The van der Waals surface area contributed by atoms with Gasteiger partial charge >= 0.3 is 0 Å². The van der Waals surface area contributed by atoms with Crippen LogP contribution in [0.2, 0.25) is 0 Å². The number of benzene rings is 1. The molecule has 0 spiro atoms. The van der Waals surface area contributed by atoms with Gasteiger partial charge in [0.1, 0.15) is 11.9 Å². The van der Waals surface area contributed by atoms with Crippen LogP contribution in [0.1, 0.15) is 20.3 Å². The standard InChI is InChI=1S/C12H18FN3O/c1-3-7-15-12(17)8(2)16-10-6-4-5-9(13)11(10)14/h4-6,8,16H,3,7,14H2,1-2H3,(H,15,17). The fraction of sp³-hybridized carbons (Fsp3) is 0.417. The van der Waals surface area contributed by atoms with E-state index in [1.54, 1.807) is 19.1 Å². The van der Waals surface area contributed by atoms with E-state index in [-0.39, 0.29) is 11.6 Å². The number of hydrogen-bond donors (Lipinski definition) is 3. The van der Waals surface area contributed by atoms with Gasteiger partial charge in [-0.15, -0.1) is 0 Å². The maximum atomic E-state index is 13.2. The molecule has 1 unspecified atom stereocenters. The molecule has 0 aliphatic heterocycles. The van der Waals surface area contributed by atoms with Crippen molar-refractivity contribution in [2.24, 2.45) is 0 Å². The minimum Gasteiger partial charge on any atom is -0.395 e. The van der Waals surface area contributed by atoms with Gasteiger partial charge in [-0.3, -0.25) is 4.79 Å². The first kappa shape index (κ1) is 13.3. The fourth-order valence-corrected chi connectivity index (χ4v) is 1.36. The van der Waals surface area contributed by atoms with Crippen LogP contribution in [0.15, 0.2) is 18.2 Å². The lowest BCUT2D eigenvalue weighted by Gasteiger charge is -2.16. The van der Waals surface area contributed by atoms with Gasteiger partial charge in [-0.2, -0.15) is 0 Å². The van der Waals surface area contributed by atoms with Crippen molar-refractivity contribution < 1.29 is 9.18 Å². The number of halogens is 1. The molecule has 0 aliphatic rings. The lowest BCUT2D eigenvalue weighted by Crippen LogP contribution is -2.38. The molecule has 1 aromatic rings. The van der Waals surface area contributed by atoms with Gasteiger partial charge in [0.2, 0.25) is 5.91 Å². The first-order chi connectivity index (χ1) is 8.06. The van der Waals surface area contributed by atoms with E-state index >= 15 is 0 Å². The summed E-state index contributed by atoms with van der Waals surface area (Å²) in [5, 5.41) is 5.63. The number of carbonyl (C=O) groups is 1. The highest BCUT2D eigenvalue weighted by Crippen LogP contribution is 2.21. The molecular formula is C12H18FN3O. The number of nitrogen functional groups attached to an aromatic ring is 1. The second kappa shape index (κ2) is 6.08. The monoisotopic (exact) mass is 239 g/mol. The van der Waals surface area contributed by atoms with Crippen LogP contribution in [0.25, 0.3) is 0 Å². The molecule has 0 heterocycles. The third kappa shape index (κ3) is 3.62. The van der Waals surface area contributed by atoms with Gasteiger partial charge in [0, 0.05) is 6.54 Å². The van der Waals surface area contributed by atoms with E-state index in [0.717, 1.165) is 6.42 Å². The van der Waals surface area contributed by atoms with Crippen molar-refractivity contribution in [3.8, 4) is 0 Å². The van der Waals surface area contributed by atoms with Crippen molar-refractivity contribution in [1.29, 1.82) is 0 Å². The lowest BCUT2D eigenvalue weighted by atomic mass is 10.2. The number of nitrogens with one attached hydrogen (secondary N) is 2. The molecule has 0 aliphatic carbocycles. The molecule has 0 saturated heterocycles. The first-order valence-electron chi connectivity index (χ1n) is 5.64. The van der Waals surface area contributed by atoms with Gasteiger partial charge in [0.05, 0.1) is 11.4 Å². The zero-order chi connectivity index (χ0) is 12.8. The number of anilines is 2. The highest BCUT2D eigenvalue weighted by molar-refractivity contribution is 5.85. The zero-order valence-corrected chi connectivity index (χ0v) is 10.1. The Kier molecular flexibility index (Phi) is 4.75. The maximum Gasteiger partial charge on any atom is 0.242 e. The summed E-state index contributed by atoms with van der Waals surface area (Å²) in [5.41, 5.74) is 6.03.